The molecule has 19 heavy (non-hydrogen) atoms. The van der Waals surface area contributed by atoms with E-state index in [1.165, 1.54) is 13.0 Å². The number of Topliss-reactive ketones (excluding diaryl/α,β-unsaturated/α-hetero) is 1. The summed E-state index contributed by atoms with van der Waals surface area (Å²) in [5.41, 5.74) is 0.712. The van der Waals surface area contributed by atoms with Crippen LogP contribution in [0.3, 0.4) is 0 Å². The number of ether oxygens (including phenoxy) is 1. The van der Waals surface area contributed by atoms with Gasteiger partial charge in [0.25, 0.3) is 0 Å². The molecule has 0 fully saturated rings. The molecule has 0 spiro atoms. The van der Waals surface area contributed by atoms with Gasteiger partial charge in [-0.3, -0.25) is 4.79 Å². The van der Waals surface area contributed by atoms with Crippen molar-refractivity contribution in [1.29, 1.82) is 0 Å². The van der Waals surface area contributed by atoms with Crippen molar-refractivity contribution in [1.82, 2.24) is 0 Å². The lowest BCUT2D eigenvalue weighted by Crippen LogP contribution is -2.13. The highest BCUT2D eigenvalue weighted by Crippen LogP contribution is 2.32. The van der Waals surface area contributed by atoms with E-state index in [4.69, 9.17) is 9.84 Å². The normalized spacial score (nSPS) is 13.7. The maximum Gasteiger partial charge on any atom is 0.337 e. The minimum Gasteiger partial charge on any atom is -0.493 e. The van der Waals surface area contributed by atoms with Crippen LogP contribution < -0.4 is 4.74 Å². The number of hydrogen-bond donors (Lipinski definition) is 2. The first-order valence-corrected chi connectivity index (χ1v) is 6.62. The van der Waals surface area contributed by atoms with Crippen molar-refractivity contribution in [3.8, 4) is 5.75 Å². The maximum absolute atomic E-state index is 11.3. The molecule has 0 aromatic heterocycles. The molecule has 0 amide bonds. The summed E-state index contributed by atoms with van der Waals surface area (Å²) in [6, 6.07) is 4.67. The van der Waals surface area contributed by atoms with Crippen molar-refractivity contribution in [3.63, 3.8) is 0 Å². The van der Waals surface area contributed by atoms with E-state index in [1.807, 2.05) is 0 Å². The number of carboxylic acid groups (broad SMARTS) is 1. The number of carbonyl (C=O) groups is 2. The van der Waals surface area contributed by atoms with Crippen LogP contribution in [0.15, 0.2) is 18.2 Å². The fourth-order valence-electron chi connectivity index (χ4n) is 1.59. The van der Waals surface area contributed by atoms with Crippen LogP contribution in [0.4, 0.5) is 0 Å². The van der Waals surface area contributed by atoms with Gasteiger partial charge in [-0.25, -0.2) is 4.79 Å². The van der Waals surface area contributed by atoms with Gasteiger partial charge < -0.3 is 14.9 Å². The fourth-order valence-corrected chi connectivity index (χ4v) is 1.88. The molecule has 1 aromatic carbocycles. The highest BCUT2D eigenvalue weighted by molar-refractivity contribution is 9.09. The Kier molecular flexibility index (Phi) is 5.50. The second kappa shape index (κ2) is 6.68. The lowest BCUT2D eigenvalue weighted by molar-refractivity contribution is -0.147. The predicted octanol–water partition coefficient (Wildman–Crippen LogP) is 2.23. The standard InChI is InChI=1S/C13H15BrO5/c1-3-19-10-5-4-8(11(14)7(2)15)6-9(10)12(16)13(17)18/h4-6,11-12,16H,3H2,1-2H3,(H,17,18). The summed E-state index contributed by atoms with van der Waals surface area (Å²) in [6.07, 6.45) is -1.69. The Labute approximate surface area is 119 Å². The Morgan fingerprint density at radius 1 is 1.42 bits per heavy atom. The number of carboxylic acids is 1. The van der Waals surface area contributed by atoms with Crippen LogP contribution in [0.2, 0.25) is 0 Å². The fraction of sp³-hybridized carbons (Fsp3) is 0.385. The third-order valence-electron chi connectivity index (χ3n) is 2.51. The molecular weight excluding hydrogens is 316 g/mol. The number of aliphatic carboxylic acids is 1. The van der Waals surface area contributed by atoms with E-state index in [0.29, 0.717) is 17.9 Å². The Hall–Kier alpha value is -1.40. The number of rotatable bonds is 6. The largest absolute Gasteiger partial charge is 0.493 e. The molecule has 0 aliphatic rings. The molecule has 0 aliphatic heterocycles. The van der Waals surface area contributed by atoms with E-state index in [-0.39, 0.29) is 11.3 Å². The first-order valence-electron chi connectivity index (χ1n) is 5.70. The summed E-state index contributed by atoms with van der Waals surface area (Å²) in [4.78, 5) is 21.7. The molecule has 1 rings (SSSR count). The van der Waals surface area contributed by atoms with Gasteiger partial charge in [0.2, 0.25) is 0 Å². The molecule has 0 heterocycles. The quantitative estimate of drug-likeness (QED) is 0.781. The molecular formula is C13H15BrO5. The highest BCUT2D eigenvalue weighted by Gasteiger charge is 2.23. The average Bonchev–Trinajstić information content (AvgIpc) is 2.37. The molecule has 0 saturated heterocycles. The van der Waals surface area contributed by atoms with E-state index < -0.39 is 16.9 Å². The van der Waals surface area contributed by atoms with Crippen LogP contribution >= 0.6 is 15.9 Å². The number of hydrogen-bond acceptors (Lipinski definition) is 4. The van der Waals surface area contributed by atoms with Crippen molar-refractivity contribution in [2.45, 2.75) is 24.8 Å². The number of carbonyl (C=O) groups excluding carboxylic acids is 1. The van der Waals surface area contributed by atoms with Crippen LogP contribution in [0.1, 0.15) is 35.9 Å². The van der Waals surface area contributed by atoms with Gasteiger partial charge >= 0.3 is 5.97 Å². The topological polar surface area (TPSA) is 83.8 Å². The Balaban J connectivity index is 3.25. The molecule has 1 aromatic rings. The van der Waals surface area contributed by atoms with E-state index in [9.17, 15) is 14.7 Å². The molecule has 0 bridgehead atoms. The van der Waals surface area contributed by atoms with Crippen molar-refractivity contribution in [3.05, 3.63) is 29.3 Å². The van der Waals surface area contributed by atoms with Gasteiger partial charge in [-0.15, -0.1) is 0 Å². The zero-order chi connectivity index (χ0) is 14.6. The predicted molar refractivity (Wildman–Crippen MR) is 72.6 cm³/mol. The number of halogens is 1. The van der Waals surface area contributed by atoms with E-state index in [0.717, 1.165) is 0 Å². The third-order valence-corrected chi connectivity index (χ3v) is 3.69. The van der Waals surface area contributed by atoms with Crippen molar-refractivity contribution >= 4 is 27.7 Å². The zero-order valence-electron chi connectivity index (χ0n) is 10.6. The SMILES string of the molecule is CCOc1ccc(C(Br)C(C)=O)cc1C(O)C(=O)O. The second-order valence-electron chi connectivity index (χ2n) is 3.94. The van der Waals surface area contributed by atoms with Gasteiger partial charge in [0.05, 0.1) is 11.4 Å². The molecule has 2 atom stereocenters. The highest BCUT2D eigenvalue weighted by atomic mass is 79.9. The third kappa shape index (κ3) is 3.78. The summed E-state index contributed by atoms with van der Waals surface area (Å²) in [7, 11) is 0. The number of ketones is 1. The van der Waals surface area contributed by atoms with Gasteiger partial charge in [0.15, 0.2) is 6.10 Å². The monoisotopic (exact) mass is 330 g/mol. The van der Waals surface area contributed by atoms with Crippen LogP contribution in [0.25, 0.3) is 0 Å². The zero-order valence-corrected chi connectivity index (χ0v) is 12.2. The summed E-state index contributed by atoms with van der Waals surface area (Å²) >= 11 is 3.21. The van der Waals surface area contributed by atoms with Crippen LogP contribution in [-0.4, -0.2) is 28.6 Å². The molecule has 5 nitrogen and oxygen atoms in total. The number of aliphatic hydroxyl groups is 1. The second-order valence-corrected chi connectivity index (χ2v) is 4.86. The molecule has 6 heteroatoms. The first kappa shape index (κ1) is 15.7. The lowest BCUT2D eigenvalue weighted by Gasteiger charge is -2.15. The molecule has 2 N–H and O–H groups in total. The minimum absolute atomic E-state index is 0.111. The molecule has 104 valence electrons. The maximum atomic E-state index is 11.3. The van der Waals surface area contributed by atoms with Gasteiger partial charge in [-0.05, 0) is 31.5 Å². The number of benzene rings is 1. The minimum atomic E-state index is -1.69. The van der Waals surface area contributed by atoms with E-state index >= 15 is 0 Å². The molecule has 0 saturated carbocycles. The Morgan fingerprint density at radius 2 is 2.05 bits per heavy atom. The Morgan fingerprint density at radius 3 is 2.53 bits per heavy atom. The van der Waals surface area contributed by atoms with Gasteiger partial charge in [0.1, 0.15) is 11.5 Å². The summed E-state index contributed by atoms with van der Waals surface area (Å²) in [6.45, 7) is 3.53. The average molecular weight is 331 g/mol. The van der Waals surface area contributed by atoms with Crippen LogP contribution in [0, 0.1) is 0 Å². The smallest absolute Gasteiger partial charge is 0.337 e. The van der Waals surface area contributed by atoms with Crippen molar-refractivity contribution in [2.75, 3.05) is 6.61 Å². The van der Waals surface area contributed by atoms with Crippen LogP contribution in [-0.2, 0) is 9.59 Å². The number of alkyl halides is 1. The first-order chi connectivity index (χ1) is 8.88. The van der Waals surface area contributed by atoms with E-state index in [1.54, 1.807) is 19.1 Å². The van der Waals surface area contributed by atoms with E-state index in [2.05, 4.69) is 15.9 Å². The molecule has 0 aliphatic carbocycles. The lowest BCUT2D eigenvalue weighted by atomic mass is 10.0. The summed E-state index contributed by atoms with van der Waals surface area (Å²) in [5.74, 6) is -1.18. The Bertz CT molecular complexity index is 486. The summed E-state index contributed by atoms with van der Waals surface area (Å²) in [5, 5.41) is 18.6. The van der Waals surface area contributed by atoms with Gasteiger partial charge in [0, 0.05) is 5.56 Å². The van der Waals surface area contributed by atoms with Crippen molar-refractivity contribution in [2.24, 2.45) is 0 Å². The van der Waals surface area contributed by atoms with Crippen LogP contribution in [0.5, 0.6) is 5.75 Å². The molecule has 2 unspecified atom stereocenters. The van der Waals surface area contributed by atoms with Gasteiger partial charge in [-0.1, -0.05) is 22.0 Å². The number of aliphatic hydroxyl groups excluding tert-OH is 1. The molecule has 0 radical (unpaired) electrons. The van der Waals surface area contributed by atoms with Gasteiger partial charge in [-0.2, -0.15) is 0 Å². The van der Waals surface area contributed by atoms with Crippen molar-refractivity contribution < 1.29 is 24.5 Å². The summed E-state index contributed by atoms with van der Waals surface area (Å²) < 4.78 is 5.28.